The Morgan fingerprint density at radius 3 is 2.79 bits per heavy atom. The average molecular weight is 401 g/mol. The first kappa shape index (κ1) is 17.8. The number of hydrogen-bond acceptors (Lipinski definition) is 4. The van der Waals surface area contributed by atoms with Crippen LogP contribution in [0.15, 0.2) is 65.6 Å². The Hall–Kier alpha value is -3.25. The Kier molecular flexibility index (Phi) is 4.28. The fraction of sp³-hybridized carbons (Fsp3) is 0.174. The number of aromatic nitrogens is 3. The van der Waals surface area contributed by atoms with Crippen molar-refractivity contribution in [1.29, 1.82) is 0 Å². The molecule has 1 aliphatic rings. The molecular weight excluding hydrogens is 380 g/mol. The van der Waals surface area contributed by atoms with Crippen LogP contribution in [-0.4, -0.2) is 20.4 Å². The molecule has 0 radical (unpaired) electrons. The van der Waals surface area contributed by atoms with Crippen LogP contribution in [0.1, 0.15) is 35.8 Å². The highest BCUT2D eigenvalue weighted by molar-refractivity contribution is 7.08. The van der Waals surface area contributed by atoms with Crippen molar-refractivity contribution in [3.05, 3.63) is 76.7 Å². The van der Waals surface area contributed by atoms with E-state index in [1.807, 2.05) is 35.8 Å². The van der Waals surface area contributed by atoms with Gasteiger partial charge in [-0.2, -0.15) is 11.3 Å². The molecule has 3 aromatic heterocycles. The van der Waals surface area contributed by atoms with Gasteiger partial charge < -0.3 is 4.57 Å². The van der Waals surface area contributed by atoms with Crippen molar-refractivity contribution in [2.75, 3.05) is 4.90 Å². The van der Waals surface area contributed by atoms with Crippen molar-refractivity contribution in [3.8, 4) is 22.6 Å². The van der Waals surface area contributed by atoms with Gasteiger partial charge >= 0.3 is 0 Å². The van der Waals surface area contributed by atoms with Crippen LogP contribution in [0.2, 0.25) is 0 Å². The van der Waals surface area contributed by atoms with E-state index in [0.29, 0.717) is 12.4 Å². The van der Waals surface area contributed by atoms with Gasteiger partial charge in [0.25, 0.3) is 5.91 Å². The summed E-state index contributed by atoms with van der Waals surface area (Å²) in [5.74, 6) is 1.46. The predicted molar refractivity (Wildman–Crippen MR) is 116 cm³/mol. The van der Waals surface area contributed by atoms with Gasteiger partial charge in [0, 0.05) is 24.0 Å². The zero-order valence-electron chi connectivity index (χ0n) is 16.2. The third kappa shape index (κ3) is 3.06. The van der Waals surface area contributed by atoms with Crippen LogP contribution in [-0.2, 0) is 6.54 Å². The number of carbonyl (C=O) groups is 1. The maximum atomic E-state index is 13.2. The second kappa shape index (κ2) is 6.97. The summed E-state index contributed by atoms with van der Waals surface area (Å²) in [7, 11) is 0. The van der Waals surface area contributed by atoms with Gasteiger partial charge in [-0.3, -0.25) is 9.69 Å². The minimum atomic E-state index is -0.00562. The van der Waals surface area contributed by atoms with Crippen molar-refractivity contribution in [3.63, 3.8) is 0 Å². The molecular formula is C23H20N4OS. The van der Waals surface area contributed by atoms with E-state index in [1.165, 1.54) is 0 Å². The average Bonchev–Trinajstić information content (AvgIpc) is 3.48. The Morgan fingerprint density at radius 1 is 1.10 bits per heavy atom. The summed E-state index contributed by atoms with van der Waals surface area (Å²) >= 11 is 1.66. The first-order chi connectivity index (χ1) is 14.1. The van der Waals surface area contributed by atoms with Crippen molar-refractivity contribution >= 4 is 23.1 Å². The molecule has 0 bridgehead atoms. The molecule has 144 valence electrons. The topological polar surface area (TPSA) is 51.0 Å². The number of imidazole rings is 1. The molecule has 1 amide bonds. The molecule has 29 heavy (non-hydrogen) atoms. The first-order valence-corrected chi connectivity index (χ1v) is 10.5. The zero-order chi connectivity index (χ0) is 20.0. The zero-order valence-corrected chi connectivity index (χ0v) is 17.1. The normalized spacial score (nSPS) is 13.3. The highest BCUT2D eigenvalue weighted by Gasteiger charge is 2.30. The molecule has 6 heteroatoms. The smallest absolute Gasteiger partial charge is 0.260 e. The van der Waals surface area contributed by atoms with E-state index in [-0.39, 0.29) is 11.9 Å². The number of pyridine rings is 1. The molecule has 0 atom stereocenters. The summed E-state index contributed by atoms with van der Waals surface area (Å²) in [5.41, 5.74) is 4.77. The van der Waals surface area contributed by atoms with Crippen LogP contribution in [0, 0.1) is 0 Å². The van der Waals surface area contributed by atoms with Crippen molar-refractivity contribution in [1.82, 2.24) is 14.5 Å². The minimum absolute atomic E-state index is 0.00562. The van der Waals surface area contributed by atoms with Gasteiger partial charge in [0.15, 0.2) is 5.82 Å². The lowest BCUT2D eigenvalue weighted by atomic mass is 10.0. The highest BCUT2D eigenvalue weighted by atomic mass is 32.1. The summed E-state index contributed by atoms with van der Waals surface area (Å²) in [4.78, 5) is 24.1. The number of amides is 1. The standard InChI is InChI=1S/C23H20N4OS/c1-15(2)26-10-9-24-22(26)20-4-3-5-21(25-20)27-13-17-7-6-16(12-19(17)23(27)28)18-8-11-29-14-18/h3-12,14-15H,13H2,1-2H3. The Labute approximate surface area is 173 Å². The van der Waals surface area contributed by atoms with Gasteiger partial charge in [-0.25, -0.2) is 9.97 Å². The fourth-order valence-corrected chi connectivity index (χ4v) is 4.39. The molecule has 0 saturated carbocycles. The molecule has 0 unspecified atom stereocenters. The Balaban J connectivity index is 1.49. The monoisotopic (exact) mass is 400 g/mol. The summed E-state index contributed by atoms with van der Waals surface area (Å²) in [5, 5.41) is 4.15. The predicted octanol–water partition coefficient (Wildman–Crippen LogP) is 5.41. The quantitative estimate of drug-likeness (QED) is 0.460. The molecule has 4 aromatic rings. The van der Waals surface area contributed by atoms with E-state index in [0.717, 1.165) is 33.8 Å². The Bertz CT molecular complexity index is 1190. The molecule has 1 aliphatic heterocycles. The number of thiophene rings is 1. The van der Waals surface area contributed by atoms with E-state index in [2.05, 4.69) is 47.0 Å². The van der Waals surface area contributed by atoms with E-state index in [9.17, 15) is 4.79 Å². The lowest BCUT2D eigenvalue weighted by molar-refractivity contribution is 0.0996. The summed E-state index contributed by atoms with van der Waals surface area (Å²) < 4.78 is 2.08. The number of benzene rings is 1. The molecule has 0 saturated heterocycles. The van der Waals surface area contributed by atoms with Gasteiger partial charge in [-0.15, -0.1) is 0 Å². The maximum Gasteiger partial charge on any atom is 0.260 e. The van der Waals surface area contributed by atoms with Crippen LogP contribution in [0.25, 0.3) is 22.6 Å². The van der Waals surface area contributed by atoms with Gasteiger partial charge in [0.1, 0.15) is 11.5 Å². The molecule has 4 heterocycles. The molecule has 0 fully saturated rings. The largest absolute Gasteiger partial charge is 0.327 e. The van der Waals surface area contributed by atoms with Gasteiger partial charge in [0.05, 0.1) is 6.54 Å². The molecule has 0 N–H and O–H groups in total. The number of nitrogens with zero attached hydrogens (tertiary/aromatic N) is 4. The lowest BCUT2D eigenvalue weighted by Gasteiger charge is -2.16. The van der Waals surface area contributed by atoms with Gasteiger partial charge in [-0.1, -0.05) is 18.2 Å². The van der Waals surface area contributed by atoms with Crippen molar-refractivity contribution in [2.45, 2.75) is 26.4 Å². The number of hydrogen-bond donors (Lipinski definition) is 0. The fourth-order valence-electron chi connectivity index (χ4n) is 3.72. The molecule has 0 spiro atoms. The molecule has 5 nitrogen and oxygen atoms in total. The molecule has 1 aromatic carbocycles. The number of fused-ring (bicyclic) bond motifs is 1. The van der Waals surface area contributed by atoms with Crippen LogP contribution in [0.4, 0.5) is 5.82 Å². The van der Waals surface area contributed by atoms with Crippen LogP contribution >= 0.6 is 11.3 Å². The van der Waals surface area contributed by atoms with Gasteiger partial charge in [-0.05, 0) is 65.6 Å². The Morgan fingerprint density at radius 2 is 2.00 bits per heavy atom. The summed E-state index contributed by atoms with van der Waals surface area (Å²) in [6.45, 7) is 4.76. The second-order valence-electron chi connectivity index (χ2n) is 7.41. The third-order valence-electron chi connectivity index (χ3n) is 5.23. The number of rotatable bonds is 4. The summed E-state index contributed by atoms with van der Waals surface area (Å²) in [6.07, 6.45) is 3.74. The SMILES string of the molecule is CC(C)n1ccnc1-c1cccc(N2Cc3ccc(-c4ccsc4)cc3C2=O)n1. The van der Waals surface area contributed by atoms with Crippen LogP contribution in [0.5, 0.6) is 0 Å². The van der Waals surface area contributed by atoms with Crippen molar-refractivity contribution < 1.29 is 4.79 Å². The van der Waals surface area contributed by atoms with E-state index >= 15 is 0 Å². The number of carbonyl (C=O) groups excluding carboxylic acids is 1. The van der Waals surface area contributed by atoms with Gasteiger partial charge in [0.2, 0.25) is 0 Å². The highest BCUT2D eigenvalue weighted by Crippen LogP contribution is 2.32. The first-order valence-electron chi connectivity index (χ1n) is 9.59. The molecule has 5 rings (SSSR count). The second-order valence-corrected chi connectivity index (χ2v) is 8.19. The van der Waals surface area contributed by atoms with E-state index in [4.69, 9.17) is 4.98 Å². The maximum absolute atomic E-state index is 13.2. The van der Waals surface area contributed by atoms with E-state index in [1.54, 1.807) is 22.4 Å². The minimum Gasteiger partial charge on any atom is -0.327 e. The summed E-state index contributed by atoms with van der Waals surface area (Å²) in [6, 6.07) is 14.2. The third-order valence-corrected chi connectivity index (χ3v) is 5.92. The van der Waals surface area contributed by atoms with Crippen LogP contribution < -0.4 is 4.90 Å². The lowest BCUT2D eigenvalue weighted by Crippen LogP contribution is -2.24. The van der Waals surface area contributed by atoms with E-state index < -0.39 is 0 Å². The molecule has 0 aliphatic carbocycles. The number of anilines is 1. The van der Waals surface area contributed by atoms with Crippen molar-refractivity contribution in [2.24, 2.45) is 0 Å². The van der Waals surface area contributed by atoms with Crippen LogP contribution in [0.3, 0.4) is 0 Å².